The van der Waals surface area contributed by atoms with Crippen LogP contribution in [-0.4, -0.2) is 25.2 Å². The molecule has 0 saturated heterocycles. The summed E-state index contributed by atoms with van der Waals surface area (Å²) in [6, 6.07) is 3.32. The largest absolute Gasteiger partial charge is 0.399 e. The smallest absolute Gasteiger partial charge is 0.133 e. The van der Waals surface area contributed by atoms with E-state index < -0.39 is 0 Å². The number of pyridine rings is 1. The number of methoxy groups -OCH3 is 1. The molecule has 0 amide bonds. The molecule has 4 nitrogen and oxygen atoms in total. The van der Waals surface area contributed by atoms with Crippen LogP contribution < -0.4 is 11.1 Å². The molecule has 0 saturated carbocycles. The number of rotatable bonds is 4. The van der Waals surface area contributed by atoms with E-state index in [2.05, 4.69) is 10.3 Å². The molecule has 0 aliphatic carbocycles. The summed E-state index contributed by atoms with van der Waals surface area (Å²) in [7, 11) is 1.64. The Labute approximate surface area is 82.1 Å². The average molecular weight is 202 g/mol. The highest BCUT2D eigenvalue weighted by atomic mass is 35.5. The van der Waals surface area contributed by atoms with E-state index in [0.29, 0.717) is 29.8 Å². The van der Waals surface area contributed by atoms with Gasteiger partial charge in [-0.3, -0.25) is 0 Å². The summed E-state index contributed by atoms with van der Waals surface area (Å²) in [5.74, 6) is 0.669. The summed E-state index contributed by atoms with van der Waals surface area (Å²) in [6.07, 6.45) is 0. The van der Waals surface area contributed by atoms with Crippen LogP contribution in [0.1, 0.15) is 0 Å². The molecule has 0 aliphatic heterocycles. The number of halogens is 1. The Morgan fingerprint density at radius 3 is 3.00 bits per heavy atom. The summed E-state index contributed by atoms with van der Waals surface area (Å²) in [6.45, 7) is 1.30. The Kier molecular flexibility index (Phi) is 3.79. The zero-order chi connectivity index (χ0) is 9.68. The molecule has 1 rings (SSSR count). The fourth-order valence-corrected chi connectivity index (χ4v) is 1.11. The molecule has 5 heteroatoms. The maximum absolute atomic E-state index is 5.70. The number of hydrogen-bond acceptors (Lipinski definition) is 4. The number of nitrogen functional groups attached to an aromatic ring is 1. The highest BCUT2D eigenvalue weighted by Gasteiger charge is 1.97. The van der Waals surface area contributed by atoms with E-state index in [4.69, 9.17) is 22.1 Å². The van der Waals surface area contributed by atoms with Crippen molar-refractivity contribution in [2.45, 2.75) is 0 Å². The van der Waals surface area contributed by atoms with Crippen LogP contribution in [-0.2, 0) is 4.74 Å². The first-order valence-electron chi connectivity index (χ1n) is 3.88. The molecule has 72 valence electrons. The topological polar surface area (TPSA) is 60.2 Å². The normalized spacial score (nSPS) is 10.0. The first kappa shape index (κ1) is 10.1. The van der Waals surface area contributed by atoms with E-state index >= 15 is 0 Å². The molecule has 13 heavy (non-hydrogen) atoms. The van der Waals surface area contributed by atoms with Gasteiger partial charge in [0.1, 0.15) is 11.0 Å². The number of nitrogens with two attached hydrogens (primary N) is 1. The van der Waals surface area contributed by atoms with Crippen molar-refractivity contribution in [2.75, 3.05) is 31.3 Å². The lowest BCUT2D eigenvalue weighted by Crippen LogP contribution is -2.09. The second-order valence-electron chi connectivity index (χ2n) is 2.53. The molecular weight excluding hydrogens is 190 g/mol. The van der Waals surface area contributed by atoms with Crippen molar-refractivity contribution >= 4 is 23.1 Å². The third kappa shape index (κ3) is 3.48. The van der Waals surface area contributed by atoms with Gasteiger partial charge in [-0.2, -0.15) is 0 Å². The van der Waals surface area contributed by atoms with Crippen molar-refractivity contribution in [1.29, 1.82) is 0 Å². The Balaban J connectivity index is 2.56. The lowest BCUT2D eigenvalue weighted by Gasteiger charge is -2.05. The van der Waals surface area contributed by atoms with Crippen molar-refractivity contribution in [1.82, 2.24) is 4.98 Å². The van der Waals surface area contributed by atoms with Crippen molar-refractivity contribution in [3.8, 4) is 0 Å². The molecule has 0 atom stereocenters. The van der Waals surface area contributed by atoms with Crippen molar-refractivity contribution in [2.24, 2.45) is 0 Å². The van der Waals surface area contributed by atoms with Crippen LogP contribution in [0.4, 0.5) is 11.5 Å². The molecule has 0 bridgehead atoms. The van der Waals surface area contributed by atoms with Gasteiger partial charge >= 0.3 is 0 Å². The van der Waals surface area contributed by atoms with Gasteiger partial charge in [-0.05, 0) is 6.07 Å². The Bertz CT molecular complexity index is 260. The van der Waals surface area contributed by atoms with Crippen LogP contribution in [0.5, 0.6) is 0 Å². The number of ether oxygens (including phenoxy) is 1. The maximum atomic E-state index is 5.70. The minimum Gasteiger partial charge on any atom is -0.399 e. The minimum atomic E-state index is 0.389. The first-order chi connectivity index (χ1) is 6.22. The van der Waals surface area contributed by atoms with Crippen LogP contribution in [0.3, 0.4) is 0 Å². The van der Waals surface area contributed by atoms with Gasteiger partial charge in [0, 0.05) is 25.4 Å². The number of nitrogens with zero attached hydrogens (tertiary/aromatic N) is 1. The SMILES string of the molecule is COCCNc1cc(N)cc(Cl)n1. The fourth-order valence-electron chi connectivity index (χ4n) is 0.888. The molecule has 1 aromatic rings. The van der Waals surface area contributed by atoms with E-state index in [1.165, 1.54) is 0 Å². The van der Waals surface area contributed by atoms with Gasteiger partial charge in [0.15, 0.2) is 0 Å². The Hall–Kier alpha value is -1.00. The van der Waals surface area contributed by atoms with Gasteiger partial charge in [0.2, 0.25) is 0 Å². The van der Waals surface area contributed by atoms with E-state index in [0.717, 1.165) is 0 Å². The van der Waals surface area contributed by atoms with Crippen molar-refractivity contribution < 1.29 is 4.74 Å². The van der Waals surface area contributed by atoms with Gasteiger partial charge in [-0.15, -0.1) is 0 Å². The number of hydrogen-bond donors (Lipinski definition) is 2. The molecule has 0 radical (unpaired) electrons. The first-order valence-corrected chi connectivity index (χ1v) is 4.26. The zero-order valence-corrected chi connectivity index (χ0v) is 8.14. The molecular formula is C8H12ClN3O. The third-order valence-electron chi connectivity index (χ3n) is 1.43. The zero-order valence-electron chi connectivity index (χ0n) is 7.38. The molecule has 1 aromatic heterocycles. The van der Waals surface area contributed by atoms with Crippen LogP contribution in [0.25, 0.3) is 0 Å². The predicted molar refractivity (Wildman–Crippen MR) is 54.0 cm³/mol. The summed E-state index contributed by atoms with van der Waals surface area (Å²) in [4.78, 5) is 4.02. The van der Waals surface area contributed by atoms with Crippen LogP contribution in [0, 0.1) is 0 Å². The summed E-state index contributed by atoms with van der Waals surface area (Å²) < 4.78 is 4.87. The Morgan fingerprint density at radius 1 is 1.62 bits per heavy atom. The van der Waals surface area contributed by atoms with Gasteiger partial charge in [-0.1, -0.05) is 11.6 Å². The summed E-state index contributed by atoms with van der Waals surface area (Å²) in [5, 5.41) is 3.42. The van der Waals surface area contributed by atoms with E-state index in [-0.39, 0.29) is 0 Å². The monoisotopic (exact) mass is 201 g/mol. The highest BCUT2D eigenvalue weighted by Crippen LogP contribution is 2.15. The van der Waals surface area contributed by atoms with Gasteiger partial charge in [0.05, 0.1) is 6.61 Å². The molecule has 0 fully saturated rings. The summed E-state index contributed by atoms with van der Waals surface area (Å²) >= 11 is 5.70. The van der Waals surface area contributed by atoms with Gasteiger partial charge < -0.3 is 15.8 Å². The van der Waals surface area contributed by atoms with E-state index in [1.807, 2.05) is 0 Å². The molecule has 0 unspecified atom stereocenters. The standard InChI is InChI=1S/C8H12ClN3O/c1-13-3-2-11-8-5-6(10)4-7(9)12-8/h4-5H,2-3H2,1H3,(H3,10,11,12). The average Bonchev–Trinajstić information content (AvgIpc) is 2.03. The predicted octanol–water partition coefficient (Wildman–Crippen LogP) is 1.38. The van der Waals surface area contributed by atoms with Crippen molar-refractivity contribution in [3.05, 3.63) is 17.3 Å². The molecule has 1 heterocycles. The van der Waals surface area contributed by atoms with Crippen molar-refractivity contribution in [3.63, 3.8) is 0 Å². The van der Waals surface area contributed by atoms with Gasteiger partial charge in [-0.25, -0.2) is 4.98 Å². The molecule has 3 N–H and O–H groups in total. The number of anilines is 2. The second kappa shape index (κ2) is 4.89. The van der Waals surface area contributed by atoms with Gasteiger partial charge in [0.25, 0.3) is 0 Å². The number of aromatic nitrogens is 1. The van der Waals surface area contributed by atoms with Crippen LogP contribution in [0.2, 0.25) is 5.15 Å². The van der Waals surface area contributed by atoms with Crippen LogP contribution in [0.15, 0.2) is 12.1 Å². The molecule has 0 spiro atoms. The summed E-state index contributed by atoms with van der Waals surface area (Å²) in [5.41, 5.74) is 6.17. The Morgan fingerprint density at radius 2 is 2.38 bits per heavy atom. The highest BCUT2D eigenvalue weighted by molar-refractivity contribution is 6.29. The minimum absolute atomic E-state index is 0.389. The fraction of sp³-hybridized carbons (Fsp3) is 0.375. The quantitative estimate of drug-likeness (QED) is 0.571. The molecule has 0 aliphatic rings. The lowest BCUT2D eigenvalue weighted by atomic mass is 10.4. The second-order valence-corrected chi connectivity index (χ2v) is 2.92. The lowest BCUT2D eigenvalue weighted by molar-refractivity contribution is 0.210. The molecule has 0 aromatic carbocycles. The number of nitrogens with one attached hydrogen (secondary N) is 1. The van der Waals surface area contributed by atoms with E-state index in [9.17, 15) is 0 Å². The van der Waals surface area contributed by atoms with E-state index in [1.54, 1.807) is 19.2 Å². The maximum Gasteiger partial charge on any atom is 0.133 e. The van der Waals surface area contributed by atoms with Crippen LogP contribution >= 0.6 is 11.6 Å². The third-order valence-corrected chi connectivity index (χ3v) is 1.62.